The highest BCUT2D eigenvalue weighted by Gasteiger charge is 2.39. The van der Waals surface area contributed by atoms with E-state index in [1.54, 1.807) is 6.08 Å². The molecule has 13 heavy (non-hydrogen) atoms. The van der Waals surface area contributed by atoms with Gasteiger partial charge in [-0.05, 0) is 6.42 Å². The van der Waals surface area contributed by atoms with Gasteiger partial charge in [0, 0.05) is 5.92 Å². The zero-order valence-electron chi connectivity index (χ0n) is 8.41. The van der Waals surface area contributed by atoms with Crippen molar-refractivity contribution in [1.82, 2.24) is 0 Å². The molecule has 0 saturated carbocycles. The van der Waals surface area contributed by atoms with Crippen molar-refractivity contribution in [3.05, 3.63) is 12.7 Å². The molecule has 1 N–H and O–H groups in total. The Morgan fingerprint density at radius 3 is 2.77 bits per heavy atom. The van der Waals surface area contributed by atoms with Crippen molar-refractivity contribution in [2.45, 2.75) is 44.8 Å². The minimum Gasteiger partial charge on any atom is -0.396 e. The van der Waals surface area contributed by atoms with Crippen LogP contribution in [0.1, 0.15) is 32.6 Å². The Kier molecular flexibility index (Phi) is 4.46. The van der Waals surface area contributed by atoms with Gasteiger partial charge in [0.15, 0.2) is 0 Å². The molecular weight excluding hydrogens is 164 g/mol. The summed E-state index contributed by atoms with van der Waals surface area (Å²) in [6, 6.07) is 0. The van der Waals surface area contributed by atoms with Gasteiger partial charge in [-0.2, -0.15) is 0 Å². The summed E-state index contributed by atoms with van der Waals surface area (Å²) in [5.41, 5.74) is 0. The van der Waals surface area contributed by atoms with E-state index in [1.165, 1.54) is 19.3 Å². The van der Waals surface area contributed by atoms with Crippen LogP contribution in [-0.2, 0) is 4.74 Å². The van der Waals surface area contributed by atoms with Gasteiger partial charge in [0.25, 0.3) is 0 Å². The van der Waals surface area contributed by atoms with E-state index >= 15 is 0 Å². The average molecular weight is 184 g/mol. The average Bonchev–Trinajstić information content (AvgIpc) is 2.11. The number of hydrogen-bond acceptors (Lipinski definition) is 2. The Morgan fingerprint density at radius 2 is 2.23 bits per heavy atom. The van der Waals surface area contributed by atoms with Crippen molar-refractivity contribution < 1.29 is 9.84 Å². The molecule has 0 radical (unpaired) electrons. The Balaban J connectivity index is 2.18. The highest BCUT2D eigenvalue weighted by atomic mass is 16.5. The first-order valence-electron chi connectivity index (χ1n) is 5.22. The number of unbranched alkanes of at least 4 members (excludes halogenated alkanes) is 2. The van der Waals surface area contributed by atoms with E-state index < -0.39 is 0 Å². The van der Waals surface area contributed by atoms with Crippen LogP contribution in [-0.4, -0.2) is 23.9 Å². The molecule has 1 heterocycles. The smallest absolute Gasteiger partial charge is 0.0832 e. The Labute approximate surface area is 80.6 Å². The predicted molar refractivity (Wildman–Crippen MR) is 53.6 cm³/mol. The van der Waals surface area contributed by atoms with Crippen molar-refractivity contribution in [3.8, 4) is 0 Å². The van der Waals surface area contributed by atoms with Crippen molar-refractivity contribution >= 4 is 0 Å². The minimum absolute atomic E-state index is 0.0941. The molecule has 0 amide bonds. The number of aliphatic hydroxyl groups is 1. The summed E-state index contributed by atoms with van der Waals surface area (Å²) in [4.78, 5) is 0. The lowest BCUT2D eigenvalue weighted by atomic mass is 9.87. The summed E-state index contributed by atoms with van der Waals surface area (Å²) < 4.78 is 5.56. The second kappa shape index (κ2) is 5.40. The highest BCUT2D eigenvalue weighted by Crippen LogP contribution is 2.32. The van der Waals surface area contributed by atoms with Gasteiger partial charge in [0.2, 0.25) is 0 Å². The largest absolute Gasteiger partial charge is 0.396 e. The molecule has 3 atom stereocenters. The second-order valence-electron chi connectivity index (χ2n) is 3.72. The summed E-state index contributed by atoms with van der Waals surface area (Å²) in [6.45, 7) is 6.10. The van der Waals surface area contributed by atoms with Crippen molar-refractivity contribution in [3.63, 3.8) is 0 Å². The monoisotopic (exact) mass is 184 g/mol. The molecule has 0 spiro atoms. The number of rotatable bonds is 6. The molecule has 0 aromatic heterocycles. The molecule has 2 nitrogen and oxygen atoms in total. The fourth-order valence-electron chi connectivity index (χ4n) is 1.86. The number of hydrogen-bond donors (Lipinski definition) is 1. The first kappa shape index (κ1) is 10.7. The van der Waals surface area contributed by atoms with E-state index in [9.17, 15) is 0 Å². The van der Waals surface area contributed by atoms with E-state index in [0.717, 1.165) is 6.42 Å². The summed E-state index contributed by atoms with van der Waals surface area (Å²) >= 11 is 0. The van der Waals surface area contributed by atoms with Gasteiger partial charge in [0.05, 0.1) is 18.8 Å². The maximum Gasteiger partial charge on any atom is 0.0832 e. The van der Waals surface area contributed by atoms with Gasteiger partial charge in [0.1, 0.15) is 0 Å². The van der Waals surface area contributed by atoms with E-state index in [1.807, 2.05) is 0 Å². The van der Waals surface area contributed by atoms with E-state index in [4.69, 9.17) is 9.84 Å². The zero-order chi connectivity index (χ0) is 9.68. The van der Waals surface area contributed by atoms with Crippen LogP contribution in [0.4, 0.5) is 0 Å². The van der Waals surface area contributed by atoms with Crippen molar-refractivity contribution in [2.24, 2.45) is 5.92 Å². The normalized spacial score (nSPS) is 32.6. The predicted octanol–water partition coefficient (Wildman–Crippen LogP) is 2.13. The fraction of sp³-hybridized carbons (Fsp3) is 0.818. The van der Waals surface area contributed by atoms with Crippen LogP contribution in [0, 0.1) is 5.92 Å². The lowest BCUT2D eigenvalue weighted by molar-refractivity contribution is -0.176. The molecule has 2 heteroatoms. The lowest BCUT2D eigenvalue weighted by Crippen LogP contribution is -2.49. The molecule has 76 valence electrons. The maximum absolute atomic E-state index is 9.09. The molecule has 1 fully saturated rings. The second-order valence-corrected chi connectivity index (χ2v) is 3.72. The van der Waals surface area contributed by atoms with Crippen molar-refractivity contribution in [1.29, 1.82) is 0 Å². The van der Waals surface area contributed by atoms with Crippen LogP contribution in [0.5, 0.6) is 0 Å². The van der Waals surface area contributed by atoms with Gasteiger partial charge in [-0.15, -0.1) is 6.58 Å². The third-order valence-corrected chi connectivity index (χ3v) is 2.77. The molecule has 0 bridgehead atoms. The van der Waals surface area contributed by atoms with Gasteiger partial charge in [-0.1, -0.05) is 32.3 Å². The molecule has 0 unspecified atom stereocenters. The van der Waals surface area contributed by atoms with Crippen LogP contribution < -0.4 is 0 Å². The zero-order valence-corrected chi connectivity index (χ0v) is 8.41. The molecule has 1 rings (SSSR count). The summed E-state index contributed by atoms with van der Waals surface area (Å²) in [7, 11) is 0. The van der Waals surface area contributed by atoms with Crippen molar-refractivity contribution in [2.75, 3.05) is 6.61 Å². The maximum atomic E-state index is 9.09. The molecule has 0 aromatic carbocycles. The van der Waals surface area contributed by atoms with Crippen LogP contribution in [0.2, 0.25) is 0 Å². The SMILES string of the molecule is C=C[C@H]1O[C@@H](CCCCC)[C@@H]1CO. The van der Waals surface area contributed by atoms with E-state index in [2.05, 4.69) is 13.5 Å². The van der Waals surface area contributed by atoms with Gasteiger partial charge >= 0.3 is 0 Å². The minimum atomic E-state index is 0.0941. The molecule has 1 aliphatic rings. The van der Waals surface area contributed by atoms with E-state index in [0.29, 0.717) is 5.92 Å². The molecular formula is C11H20O2. The summed E-state index contributed by atoms with van der Waals surface area (Å²) in [5, 5.41) is 9.09. The van der Waals surface area contributed by atoms with Gasteiger partial charge in [-0.3, -0.25) is 0 Å². The summed E-state index contributed by atoms with van der Waals surface area (Å²) in [6.07, 6.45) is 6.96. The topological polar surface area (TPSA) is 29.5 Å². The van der Waals surface area contributed by atoms with Gasteiger partial charge < -0.3 is 9.84 Å². The molecule has 0 aromatic rings. The Morgan fingerprint density at radius 1 is 1.46 bits per heavy atom. The lowest BCUT2D eigenvalue weighted by Gasteiger charge is -2.42. The van der Waals surface area contributed by atoms with Crippen LogP contribution in [0.3, 0.4) is 0 Å². The van der Waals surface area contributed by atoms with E-state index in [-0.39, 0.29) is 18.8 Å². The first-order valence-corrected chi connectivity index (χ1v) is 5.22. The summed E-state index contributed by atoms with van der Waals surface area (Å²) in [5.74, 6) is 0.300. The standard InChI is InChI=1S/C11H20O2/c1-3-5-6-7-11-9(8-12)10(4-2)13-11/h4,9-12H,2-3,5-8H2,1H3/t9-,10-,11+/m1/s1. The van der Waals surface area contributed by atoms with Crippen LogP contribution in [0.15, 0.2) is 12.7 Å². The van der Waals surface area contributed by atoms with Crippen LogP contribution in [0.25, 0.3) is 0 Å². The number of ether oxygens (including phenoxy) is 1. The molecule has 1 aliphatic heterocycles. The highest BCUT2D eigenvalue weighted by molar-refractivity contribution is 4.97. The third-order valence-electron chi connectivity index (χ3n) is 2.77. The Hall–Kier alpha value is -0.340. The molecule has 0 aliphatic carbocycles. The van der Waals surface area contributed by atoms with Gasteiger partial charge in [-0.25, -0.2) is 0 Å². The fourth-order valence-corrected chi connectivity index (χ4v) is 1.86. The van der Waals surface area contributed by atoms with Crippen LogP contribution >= 0.6 is 0 Å². The quantitative estimate of drug-likeness (QED) is 0.506. The molecule has 1 saturated heterocycles. The third kappa shape index (κ3) is 2.55. The Bertz CT molecular complexity index is 156. The number of aliphatic hydroxyl groups excluding tert-OH is 1. The first-order chi connectivity index (χ1) is 6.33.